The monoisotopic (exact) mass is 402 g/mol. The molecule has 1 saturated heterocycles. The molecule has 0 unspecified atom stereocenters. The molecule has 1 fully saturated rings. The van der Waals surface area contributed by atoms with Crippen LogP contribution in [-0.2, 0) is 16.6 Å². The lowest BCUT2D eigenvalue weighted by Crippen LogP contribution is -3.13. The number of non-ortho nitro benzene ring substituents is 1. The van der Waals surface area contributed by atoms with E-state index in [1.165, 1.54) is 21.3 Å². The second kappa shape index (κ2) is 7.38. The first kappa shape index (κ1) is 18.3. The first-order valence-corrected chi connectivity index (χ1v) is 10.3. The number of nitrogens with one attached hydrogen (secondary N) is 1. The van der Waals surface area contributed by atoms with E-state index in [1.807, 2.05) is 0 Å². The number of piperazine rings is 1. The lowest BCUT2D eigenvalue weighted by Gasteiger charge is -2.31. The molecule has 2 aromatic rings. The first-order chi connectivity index (χ1) is 11.9. The second-order valence-electron chi connectivity index (χ2n) is 5.81. The zero-order valence-electron chi connectivity index (χ0n) is 13.2. The van der Waals surface area contributed by atoms with Crippen LogP contribution >= 0.6 is 22.9 Å². The summed E-state index contributed by atoms with van der Waals surface area (Å²) in [6.07, 6.45) is 0. The van der Waals surface area contributed by atoms with Gasteiger partial charge in [0.15, 0.2) is 0 Å². The summed E-state index contributed by atoms with van der Waals surface area (Å²) in [5, 5.41) is 10.7. The number of halogens is 1. The zero-order valence-corrected chi connectivity index (χ0v) is 15.6. The van der Waals surface area contributed by atoms with Gasteiger partial charge in [0.1, 0.15) is 10.8 Å². The van der Waals surface area contributed by atoms with Crippen LogP contribution in [0.4, 0.5) is 5.69 Å². The van der Waals surface area contributed by atoms with E-state index in [4.69, 9.17) is 11.6 Å². The average molecular weight is 403 g/mol. The van der Waals surface area contributed by atoms with Gasteiger partial charge in [0.25, 0.3) is 15.7 Å². The molecule has 1 aliphatic rings. The summed E-state index contributed by atoms with van der Waals surface area (Å²) < 4.78 is 27.4. The summed E-state index contributed by atoms with van der Waals surface area (Å²) in [4.78, 5) is 11.5. The van der Waals surface area contributed by atoms with Crippen molar-refractivity contribution < 1.29 is 18.2 Å². The molecule has 1 N–H and O–H groups in total. The molecule has 0 aliphatic carbocycles. The molecule has 10 heteroatoms. The van der Waals surface area contributed by atoms with E-state index in [1.54, 1.807) is 24.3 Å². The van der Waals surface area contributed by atoms with Crippen molar-refractivity contribution in [2.75, 3.05) is 26.2 Å². The molecule has 1 aliphatic heterocycles. The van der Waals surface area contributed by atoms with E-state index in [-0.39, 0.29) is 9.90 Å². The van der Waals surface area contributed by atoms with Crippen LogP contribution in [0.1, 0.15) is 5.56 Å². The van der Waals surface area contributed by atoms with Gasteiger partial charge in [-0.15, -0.1) is 11.3 Å². The third kappa shape index (κ3) is 4.18. The van der Waals surface area contributed by atoms with E-state index < -0.39 is 14.9 Å². The van der Waals surface area contributed by atoms with Crippen molar-refractivity contribution in [1.29, 1.82) is 0 Å². The summed E-state index contributed by atoms with van der Waals surface area (Å²) in [5.41, 5.74) is 1.08. The number of nitro benzene ring substituents is 1. The fraction of sp³-hybridized carbons (Fsp3) is 0.333. The van der Waals surface area contributed by atoms with Crippen molar-refractivity contribution in [1.82, 2.24) is 4.31 Å². The van der Waals surface area contributed by atoms with Crippen LogP contribution in [0, 0.1) is 10.1 Å². The molecule has 25 heavy (non-hydrogen) atoms. The Labute approximate surface area is 154 Å². The van der Waals surface area contributed by atoms with Crippen molar-refractivity contribution in [3.8, 4) is 0 Å². The molecular weight excluding hydrogens is 386 g/mol. The van der Waals surface area contributed by atoms with Crippen LogP contribution in [-0.4, -0.2) is 43.8 Å². The number of nitrogens with zero attached hydrogens (tertiary/aromatic N) is 2. The van der Waals surface area contributed by atoms with Crippen LogP contribution in [0.25, 0.3) is 0 Å². The molecule has 0 saturated carbocycles. The molecule has 0 amide bonds. The minimum absolute atomic E-state index is 0.0734. The number of hydrogen-bond acceptors (Lipinski definition) is 5. The lowest BCUT2D eigenvalue weighted by atomic mass is 10.2. The van der Waals surface area contributed by atoms with Gasteiger partial charge in [-0.1, -0.05) is 11.6 Å². The highest BCUT2D eigenvalue weighted by Crippen LogP contribution is 2.28. The Bertz CT molecular complexity index is 859. The Morgan fingerprint density at radius 3 is 2.32 bits per heavy atom. The Morgan fingerprint density at radius 1 is 1.16 bits per heavy atom. The number of hydrogen-bond donors (Lipinski definition) is 1. The molecule has 0 bridgehead atoms. The lowest BCUT2D eigenvalue weighted by molar-refractivity contribution is -0.917. The van der Waals surface area contributed by atoms with Gasteiger partial charge in [0, 0.05) is 17.7 Å². The van der Waals surface area contributed by atoms with Crippen LogP contribution in [0.15, 0.2) is 40.6 Å². The quantitative estimate of drug-likeness (QED) is 0.605. The minimum atomic E-state index is -3.47. The van der Waals surface area contributed by atoms with Gasteiger partial charge in [0.05, 0.1) is 35.4 Å². The number of nitro groups is 1. The molecule has 1 aromatic heterocycles. The fourth-order valence-corrected chi connectivity index (χ4v) is 5.89. The maximum absolute atomic E-state index is 12.6. The van der Waals surface area contributed by atoms with E-state index in [9.17, 15) is 18.5 Å². The molecule has 0 radical (unpaired) electrons. The van der Waals surface area contributed by atoms with Crippen molar-refractivity contribution in [2.24, 2.45) is 0 Å². The standard InChI is InChI=1S/C15H16ClN3O4S2/c16-14-5-6-15(24-14)25(22,23)18-9-7-17(8-10-18)11-12-1-3-13(4-2-12)19(20)21/h1-6H,7-11H2/p+1. The fourth-order valence-electron chi connectivity index (χ4n) is 2.81. The summed E-state index contributed by atoms with van der Waals surface area (Å²) in [6, 6.07) is 9.63. The third-order valence-electron chi connectivity index (χ3n) is 4.17. The van der Waals surface area contributed by atoms with Gasteiger partial charge >= 0.3 is 0 Å². The molecular formula is C15H17ClN3O4S2+. The summed E-state index contributed by atoms with van der Waals surface area (Å²) in [5.74, 6) is 0. The normalized spacial score (nSPS) is 16.8. The topological polar surface area (TPSA) is 85.0 Å². The van der Waals surface area contributed by atoms with E-state index >= 15 is 0 Å². The number of thiophene rings is 1. The Balaban J connectivity index is 1.59. The number of quaternary nitrogens is 1. The second-order valence-corrected chi connectivity index (χ2v) is 9.69. The van der Waals surface area contributed by atoms with Gasteiger partial charge in [-0.05, 0) is 24.3 Å². The molecule has 3 rings (SSSR count). The predicted octanol–water partition coefficient (Wildman–Crippen LogP) is 1.40. The Kier molecular flexibility index (Phi) is 5.40. The predicted molar refractivity (Wildman–Crippen MR) is 95.6 cm³/mol. The average Bonchev–Trinajstić information content (AvgIpc) is 3.03. The highest BCUT2D eigenvalue weighted by Gasteiger charge is 2.31. The van der Waals surface area contributed by atoms with Gasteiger partial charge < -0.3 is 4.90 Å². The molecule has 134 valence electrons. The molecule has 2 heterocycles. The largest absolute Gasteiger partial charge is 0.329 e. The highest BCUT2D eigenvalue weighted by molar-refractivity contribution is 7.91. The van der Waals surface area contributed by atoms with Crippen LogP contribution in [0.5, 0.6) is 0 Å². The van der Waals surface area contributed by atoms with E-state index in [0.717, 1.165) is 23.4 Å². The van der Waals surface area contributed by atoms with Crippen LogP contribution in [0.3, 0.4) is 0 Å². The van der Waals surface area contributed by atoms with Crippen molar-refractivity contribution >= 4 is 38.6 Å². The maximum Gasteiger partial charge on any atom is 0.269 e. The number of rotatable bonds is 5. The zero-order chi connectivity index (χ0) is 18.0. The highest BCUT2D eigenvalue weighted by atomic mass is 35.5. The Hall–Kier alpha value is -1.52. The number of benzene rings is 1. The minimum Gasteiger partial charge on any atom is -0.329 e. The summed E-state index contributed by atoms with van der Waals surface area (Å²) >= 11 is 6.91. The van der Waals surface area contributed by atoms with Crippen LogP contribution in [0.2, 0.25) is 4.34 Å². The molecule has 1 aromatic carbocycles. The molecule has 7 nitrogen and oxygen atoms in total. The third-order valence-corrected chi connectivity index (χ3v) is 7.77. The van der Waals surface area contributed by atoms with Crippen LogP contribution < -0.4 is 4.90 Å². The number of sulfonamides is 1. The maximum atomic E-state index is 12.6. The van der Waals surface area contributed by atoms with E-state index in [2.05, 4.69) is 0 Å². The summed E-state index contributed by atoms with van der Waals surface area (Å²) in [6.45, 7) is 2.99. The SMILES string of the molecule is O=[N+]([O-])c1ccc(C[NH+]2CCN(S(=O)(=O)c3ccc(Cl)s3)CC2)cc1. The molecule has 0 spiro atoms. The van der Waals surface area contributed by atoms with Gasteiger partial charge in [0.2, 0.25) is 0 Å². The van der Waals surface area contributed by atoms with Gasteiger partial charge in [-0.3, -0.25) is 10.1 Å². The van der Waals surface area contributed by atoms with Crippen molar-refractivity contribution in [2.45, 2.75) is 10.8 Å². The van der Waals surface area contributed by atoms with Gasteiger partial charge in [-0.2, -0.15) is 4.31 Å². The van der Waals surface area contributed by atoms with Crippen molar-refractivity contribution in [3.63, 3.8) is 0 Å². The van der Waals surface area contributed by atoms with Gasteiger partial charge in [-0.25, -0.2) is 8.42 Å². The smallest absolute Gasteiger partial charge is 0.269 e. The van der Waals surface area contributed by atoms with Crippen molar-refractivity contribution in [3.05, 3.63) is 56.4 Å². The van der Waals surface area contributed by atoms with E-state index in [0.29, 0.717) is 30.5 Å². The molecule has 0 atom stereocenters. The Morgan fingerprint density at radius 2 is 1.80 bits per heavy atom. The summed E-state index contributed by atoms with van der Waals surface area (Å²) in [7, 11) is -3.47. The first-order valence-electron chi connectivity index (χ1n) is 7.68.